The third-order valence-electron chi connectivity index (χ3n) is 2.63. The summed E-state index contributed by atoms with van der Waals surface area (Å²) in [5.41, 5.74) is 0.311. The van der Waals surface area contributed by atoms with Gasteiger partial charge in [0.25, 0.3) is 5.56 Å². The zero-order chi connectivity index (χ0) is 12.7. The van der Waals surface area contributed by atoms with Crippen molar-refractivity contribution in [1.82, 2.24) is 17.5 Å². The van der Waals surface area contributed by atoms with Crippen LogP contribution in [-0.4, -0.2) is 17.5 Å². The number of halogens is 1. The molecule has 0 aliphatic heterocycles. The van der Waals surface area contributed by atoms with Gasteiger partial charge in [-0.3, -0.25) is 9.89 Å². The van der Waals surface area contributed by atoms with Gasteiger partial charge in [-0.2, -0.15) is 7.88 Å². The van der Waals surface area contributed by atoms with Gasteiger partial charge in [-0.25, -0.2) is 9.36 Å². The second-order valence-corrected chi connectivity index (χ2v) is 4.64. The van der Waals surface area contributed by atoms with E-state index in [0.717, 1.165) is 2.78 Å². The molecule has 3 aromatic rings. The van der Waals surface area contributed by atoms with Crippen LogP contribution in [0.15, 0.2) is 46.1 Å². The van der Waals surface area contributed by atoms with Gasteiger partial charge >= 0.3 is 5.69 Å². The van der Waals surface area contributed by atoms with Crippen LogP contribution in [0.4, 0.5) is 0 Å². The highest BCUT2D eigenvalue weighted by atomic mass is 127. The number of fused-ring (bicyclic) bond motifs is 1. The molecule has 0 spiro atoms. The van der Waals surface area contributed by atoms with Gasteiger partial charge < -0.3 is 0 Å². The number of hydrogen-bond acceptors (Lipinski definition) is 3. The quantitative estimate of drug-likeness (QED) is 0.665. The minimum atomic E-state index is -0.413. The first-order chi connectivity index (χ1) is 8.70. The monoisotopic (exact) mass is 354 g/mol. The number of benzene rings is 1. The number of H-pyrrole nitrogens is 1. The third-order valence-corrected chi connectivity index (χ3v) is 3.48. The fourth-order valence-corrected chi connectivity index (χ4v) is 2.27. The number of nitrogens with one attached hydrogen (secondary N) is 1. The summed E-state index contributed by atoms with van der Waals surface area (Å²) in [5.74, 6) is 0. The zero-order valence-electron chi connectivity index (χ0n) is 9.00. The average Bonchev–Trinajstić information content (AvgIpc) is 2.87. The molecule has 3 rings (SSSR count). The molecule has 0 atom stereocenters. The lowest BCUT2D eigenvalue weighted by Gasteiger charge is -2.07. The number of aromatic amines is 1. The van der Waals surface area contributed by atoms with Crippen molar-refractivity contribution in [2.75, 3.05) is 0 Å². The Kier molecular flexibility index (Phi) is 2.54. The first-order valence-electron chi connectivity index (χ1n) is 5.13. The first kappa shape index (κ1) is 11.2. The maximum absolute atomic E-state index is 12.2. The molecular formula is C11H7IN4O2. The Morgan fingerprint density at radius 2 is 1.89 bits per heavy atom. The minimum Gasteiger partial charge on any atom is -0.268 e. The van der Waals surface area contributed by atoms with Gasteiger partial charge in [-0.15, -0.1) is 0 Å². The lowest BCUT2D eigenvalue weighted by atomic mass is 10.3. The Morgan fingerprint density at radius 3 is 2.61 bits per heavy atom. The molecule has 0 bridgehead atoms. The highest BCUT2D eigenvalue weighted by Gasteiger charge is 2.14. The molecule has 2 aromatic heterocycles. The molecule has 0 saturated carbocycles. The molecule has 90 valence electrons. The number of nitrogens with zero attached hydrogens (tertiary/aromatic N) is 3. The topological polar surface area (TPSA) is 72.7 Å². The predicted octanol–water partition coefficient (Wildman–Crippen LogP) is 1.07. The van der Waals surface area contributed by atoms with Crippen LogP contribution in [0.1, 0.15) is 0 Å². The number of rotatable bonds is 1. The maximum Gasteiger partial charge on any atom is 0.346 e. The SMILES string of the molecule is O=c1c2cn[nH]c2n(-c2ccccc2)c(=O)n1I. The highest BCUT2D eigenvalue weighted by molar-refractivity contribution is 14.1. The summed E-state index contributed by atoms with van der Waals surface area (Å²) in [5, 5.41) is 6.90. The summed E-state index contributed by atoms with van der Waals surface area (Å²) in [6.07, 6.45) is 1.42. The molecule has 7 heteroatoms. The second-order valence-electron chi connectivity index (χ2n) is 3.67. The summed E-state index contributed by atoms with van der Waals surface area (Å²) >= 11 is 1.70. The van der Waals surface area contributed by atoms with Crippen molar-refractivity contribution in [1.29, 1.82) is 0 Å². The summed E-state index contributed by atoms with van der Waals surface area (Å²) < 4.78 is 2.47. The van der Waals surface area contributed by atoms with Crippen molar-refractivity contribution in [3.05, 3.63) is 57.4 Å². The van der Waals surface area contributed by atoms with Gasteiger partial charge in [0.1, 0.15) is 11.0 Å². The van der Waals surface area contributed by atoms with Crippen LogP contribution < -0.4 is 11.2 Å². The molecule has 6 nitrogen and oxygen atoms in total. The van der Waals surface area contributed by atoms with E-state index in [0.29, 0.717) is 16.7 Å². The van der Waals surface area contributed by atoms with Gasteiger partial charge in [0.15, 0.2) is 0 Å². The highest BCUT2D eigenvalue weighted by Crippen LogP contribution is 2.10. The molecule has 0 aliphatic rings. The van der Waals surface area contributed by atoms with E-state index in [1.807, 2.05) is 18.2 Å². The third kappa shape index (κ3) is 1.50. The lowest BCUT2D eigenvalue weighted by Crippen LogP contribution is -2.34. The van der Waals surface area contributed by atoms with Gasteiger partial charge in [0.2, 0.25) is 0 Å². The Bertz CT molecular complexity index is 832. The van der Waals surface area contributed by atoms with Crippen molar-refractivity contribution in [2.24, 2.45) is 0 Å². The zero-order valence-corrected chi connectivity index (χ0v) is 11.2. The molecule has 0 aliphatic carbocycles. The van der Waals surface area contributed by atoms with E-state index in [4.69, 9.17) is 0 Å². The van der Waals surface area contributed by atoms with Crippen molar-refractivity contribution in [3.63, 3.8) is 0 Å². The molecule has 0 radical (unpaired) electrons. The molecule has 1 N–H and O–H groups in total. The summed E-state index contributed by atoms with van der Waals surface area (Å²) in [6, 6.07) is 9.10. The molecular weight excluding hydrogens is 347 g/mol. The van der Waals surface area contributed by atoms with E-state index in [1.165, 1.54) is 10.8 Å². The van der Waals surface area contributed by atoms with Crippen LogP contribution in [0, 0.1) is 0 Å². The Hall–Kier alpha value is -1.90. The van der Waals surface area contributed by atoms with Gasteiger partial charge in [-0.1, -0.05) is 18.2 Å². The minimum absolute atomic E-state index is 0.364. The van der Waals surface area contributed by atoms with Gasteiger partial charge in [0.05, 0.1) is 34.7 Å². The van der Waals surface area contributed by atoms with Crippen LogP contribution in [0.25, 0.3) is 16.7 Å². The van der Waals surface area contributed by atoms with E-state index in [2.05, 4.69) is 10.2 Å². The molecule has 0 saturated heterocycles. The van der Waals surface area contributed by atoms with Crippen molar-refractivity contribution in [3.8, 4) is 5.69 Å². The summed E-state index contributed by atoms with van der Waals surface area (Å²) in [6.45, 7) is 0. The molecule has 0 fully saturated rings. The molecule has 1 aromatic carbocycles. The Balaban J connectivity index is 2.54. The molecule has 2 heterocycles. The van der Waals surface area contributed by atoms with E-state index in [9.17, 15) is 9.59 Å². The molecule has 0 amide bonds. The standard InChI is InChI=1S/C11H7IN4O2/c12-16-10(17)8-6-13-14-9(8)15(11(16)18)7-4-2-1-3-5-7/h1-6H,(H,13,14). The second kappa shape index (κ2) is 4.09. The van der Waals surface area contributed by atoms with Crippen LogP contribution in [0.5, 0.6) is 0 Å². The van der Waals surface area contributed by atoms with Crippen LogP contribution in [0.2, 0.25) is 0 Å². The number of para-hydroxylation sites is 1. The summed E-state index contributed by atoms with van der Waals surface area (Å²) in [4.78, 5) is 24.0. The van der Waals surface area contributed by atoms with Gasteiger partial charge in [-0.05, 0) is 12.1 Å². The molecule has 18 heavy (non-hydrogen) atoms. The van der Waals surface area contributed by atoms with Crippen molar-refractivity contribution < 1.29 is 0 Å². The van der Waals surface area contributed by atoms with Crippen LogP contribution >= 0.6 is 22.9 Å². The Morgan fingerprint density at radius 1 is 1.17 bits per heavy atom. The van der Waals surface area contributed by atoms with E-state index < -0.39 is 5.69 Å². The fourth-order valence-electron chi connectivity index (χ4n) is 1.80. The van der Waals surface area contributed by atoms with Gasteiger partial charge in [0, 0.05) is 0 Å². The summed E-state index contributed by atoms with van der Waals surface area (Å²) in [7, 11) is 0. The fraction of sp³-hybridized carbons (Fsp3) is 0. The van der Waals surface area contributed by atoms with E-state index >= 15 is 0 Å². The number of hydrogen-bond donors (Lipinski definition) is 1. The predicted molar refractivity (Wildman–Crippen MR) is 75.4 cm³/mol. The van der Waals surface area contributed by atoms with Crippen molar-refractivity contribution in [2.45, 2.75) is 0 Å². The normalized spacial score (nSPS) is 10.9. The van der Waals surface area contributed by atoms with Crippen LogP contribution in [0.3, 0.4) is 0 Å². The van der Waals surface area contributed by atoms with Crippen molar-refractivity contribution >= 4 is 33.9 Å². The number of aromatic nitrogens is 4. The lowest BCUT2D eigenvalue weighted by molar-refractivity contribution is 0.908. The average molecular weight is 354 g/mol. The van der Waals surface area contributed by atoms with E-state index in [1.54, 1.807) is 35.0 Å². The molecule has 0 unspecified atom stereocenters. The maximum atomic E-state index is 12.2. The smallest absolute Gasteiger partial charge is 0.268 e. The van der Waals surface area contributed by atoms with Crippen LogP contribution in [-0.2, 0) is 0 Å². The van der Waals surface area contributed by atoms with E-state index in [-0.39, 0.29) is 5.56 Å². The Labute approximate surface area is 114 Å². The largest absolute Gasteiger partial charge is 0.346 e. The first-order valence-corrected chi connectivity index (χ1v) is 6.09.